The molecule has 4 atom stereocenters. The molecular weight excluding hydrogens is 966 g/mol. The molecule has 1 aliphatic rings. The van der Waals surface area contributed by atoms with Crippen molar-refractivity contribution in [1.29, 1.82) is 0 Å². The maximum Gasteiger partial charge on any atom is 0.527 e. The van der Waals surface area contributed by atoms with E-state index < -0.39 is 114 Å². The van der Waals surface area contributed by atoms with Crippen molar-refractivity contribution in [3.8, 4) is 16.9 Å². The van der Waals surface area contributed by atoms with Crippen molar-refractivity contribution < 1.29 is 92.0 Å². The number of nitrogens with zero attached hydrogens (tertiary/aromatic N) is 4. The average molecular weight is 1030 g/mol. The molecule has 390 valence electrons. The van der Waals surface area contributed by atoms with Crippen LogP contribution in [0.1, 0.15) is 53.5 Å². The number of carbonyl (C=O) groups excluding carboxylic acids is 2. The number of aryl methyl sites for hydroxylation is 5. The third-order valence-electron chi connectivity index (χ3n) is 11.3. The number of nitrogens with one attached hydrogen (secondary N) is 2. The topological polar surface area (TPSA) is 371 Å². The molecule has 0 aromatic heterocycles. The highest BCUT2D eigenvalue weighted by Crippen LogP contribution is 2.46. The molecule has 2 aromatic rings. The number of phosphoric acid groups is 1. The lowest BCUT2D eigenvalue weighted by atomic mass is 9.90. The van der Waals surface area contributed by atoms with Crippen molar-refractivity contribution in [2.24, 2.45) is 0 Å². The van der Waals surface area contributed by atoms with E-state index in [1.807, 2.05) is 33.8 Å². The van der Waals surface area contributed by atoms with Crippen LogP contribution in [0.4, 0.5) is 0 Å². The number of carboxylic acid groups (broad SMARTS) is 5. The largest absolute Gasteiger partial charge is 0.527 e. The Morgan fingerprint density at radius 2 is 1.07 bits per heavy atom. The van der Waals surface area contributed by atoms with Crippen LogP contribution in [-0.4, -0.2) is 198 Å². The molecule has 3 rings (SSSR count). The summed E-state index contributed by atoms with van der Waals surface area (Å²) in [4.78, 5) is 121. The number of aliphatic carboxylic acids is 5. The lowest BCUT2D eigenvalue weighted by Crippen LogP contribution is -2.53. The molecule has 0 bridgehead atoms. The van der Waals surface area contributed by atoms with E-state index in [-0.39, 0.29) is 70.9 Å². The molecule has 0 aliphatic carbocycles. The Bertz CT molecular complexity index is 2240. The van der Waals surface area contributed by atoms with Crippen LogP contribution in [-0.2, 0) is 47.2 Å². The van der Waals surface area contributed by atoms with E-state index in [9.17, 15) is 72.7 Å². The minimum Gasteiger partial charge on any atom is -0.481 e. The van der Waals surface area contributed by atoms with Gasteiger partial charge in [-0.3, -0.25) is 57.6 Å². The highest BCUT2D eigenvalue weighted by atomic mass is 31.2. The molecule has 27 heteroatoms. The Hall–Kier alpha value is -5.33. The van der Waals surface area contributed by atoms with Gasteiger partial charge in [-0.15, -0.1) is 0 Å². The van der Waals surface area contributed by atoms with Gasteiger partial charge in [-0.1, -0.05) is 17.7 Å². The first-order valence-corrected chi connectivity index (χ1v) is 25.4. The molecule has 1 heterocycles. The van der Waals surface area contributed by atoms with Crippen LogP contribution >= 0.6 is 15.4 Å². The lowest BCUT2D eigenvalue weighted by Gasteiger charge is -2.36. The average Bonchev–Trinajstić information content (AvgIpc) is 3.20. The first-order chi connectivity index (χ1) is 32.5. The van der Waals surface area contributed by atoms with Crippen LogP contribution in [0.25, 0.3) is 11.1 Å². The zero-order chi connectivity index (χ0) is 52.7. The Morgan fingerprint density at radius 3 is 1.50 bits per heavy atom. The number of carboxylic acids is 5. The molecule has 1 unspecified atom stereocenters. The second-order valence-corrected chi connectivity index (χ2v) is 20.2. The Kier molecular flexibility index (Phi) is 22.5. The van der Waals surface area contributed by atoms with Crippen molar-refractivity contribution >= 4 is 57.1 Å². The summed E-state index contributed by atoms with van der Waals surface area (Å²) in [6.07, 6.45) is -2.98. The summed E-state index contributed by atoms with van der Waals surface area (Å²) in [5, 5.41) is 52.1. The van der Waals surface area contributed by atoms with Gasteiger partial charge in [0.05, 0.1) is 32.5 Å². The van der Waals surface area contributed by atoms with Gasteiger partial charge < -0.3 is 50.5 Å². The Morgan fingerprint density at radius 1 is 0.614 bits per heavy atom. The number of phosphoric ester groups is 1. The number of benzene rings is 2. The normalized spacial score (nSPS) is 17.1. The van der Waals surface area contributed by atoms with Gasteiger partial charge in [0.2, 0.25) is 11.8 Å². The number of rotatable bonds is 24. The molecule has 2 amide bonds. The zero-order valence-corrected chi connectivity index (χ0v) is 41.4. The summed E-state index contributed by atoms with van der Waals surface area (Å²) in [7, 11) is -9.50. The standard InChI is InChI=1S/C43H64N6O19P2/c1-26-17-29(4)40(30(5)18-26)31-19-28(3)35(20-27(31)2)68-70(65,66)67-16-6-7-34(43(60)61)49-14-12-46(23-36(50)44-32(41(56)57)21-38(52)53)8-10-48(25-69(62,63)64)11-9-47(13-15-49)24-37(51)45-33(42(58)59)22-39(54)55/h17-20,32-34H,6-16,21-25H2,1-5H3,(H,44,50)(H,45,51)(H,52,53)(H,54,55)(H,56,57)(H,58,59)(H,60,61)(H,65,66)(H2,62,63,64)/t32-,33-,34+/m0/s1. The molecule has 0 saturated carbocycles. The van der Waals surface area contributed by atoms with E-state index in [1.165, 1.54) is 19.6 Å². The summed E-state index contributed by atoms with van der Waals surface area (Å²) in [6.45, 7) is 6.87. The van der Waals surface area contributed by atoms with E-state index in [1.54, 1.807) is 13.0 Å². The van der Waals surface area contributed by atoms with Gasteiger partial charge in [0.1, 0.15) is 30.2 Å². The molecule has 10 N–H and O–H groups in total. The van der Waals surface area contributed by atoms with Crippen LogP contribution in [0.2, 0.25) is 0 Å². The predicted molar refractivity (Wildman–Crippen MR) is 249 cm³/mol. The molecule has 1 fully saturated rings. The highest BCUT2D eigenvalue weighted by molar-refractivity contribution is 7.51. The lowest BCUT2D eigenvalue weighted by molar-refractivity contribution is -0.147. The van der Waals surface area contributed by atoms with Crippen molar-refractivity contribution in [2.45, 2.75) is 78.4 Å². The number of hydrogen-bond donors (Lipinski definition) is 10. The van der Waals surface area contributed by atoms with Crippen molar-refractivity contribution in [3.63, 3.8) is 0 Å². The summed E-state index contributed by atoms with van der Waals surface area (Å²) in [5.74, 6) is -9.35. The monoisotopic (exact) mass is 1030 g/mol. The first kappa shape index (κ1) is 59.0. The summed E-state index contributed by atoms with van der Waals surface area (Å²) >= 11 is 0. The van der Waals surface area contributed by atoms with Gasteiger partial charge in [-0.05, 0) is 93.0 Å². The summed E-state index contributed by atoms with van der Waals surface area (Å²) in [5.41, 5.74) is 6.48. The van der Waals surface area contributed by atoms with E-state index in [4.69, 9.17) is 19.3 Å². The molecule has 2 aromatic carbocycles. The molecule has 25 nitrogen and oxygen atoms in total. The van der Waals surface area contributed by atoms with Gasteiger partial charge in [0, 0.05) is 52.4 Å². The van der Waals surface area contributed by atoms with E-state index >= 15 is 0 Å². The zero-order valence-electron chi connectivity index (χ0n) is 39.6. The maximum absolute atomic E-state index is 13.2. The molecule has 1 saturated heterocycles. The second kappa shape index (κ2) is 26.8. The van der Waals surface area contributed by atoms with E-state index in [0.717, 1.165) is 33.4 Å². The van der Waals surface area contributed by atoms with Gasteiger partial charge in [0.25, 0.3) is 0 Å². The van der Waals surface area contributed by atoms with Gasteiger partial charge in [-0.25, -0.2) is 14.2 Å². The van der Waals surface area contributed by atoms with Gasteiger partial charge in [-0.2, -0.15) is 0 Å². The van der Waals surface area contributed by atoms with E-state index in [0.29, 0.717) is 5.56 Å². The summed E-state index contributed by atoms with van der Waals surface area (Å²) in [6, 6.07) is 2.64. The van der Waals surface area contributed by atoms with Crippen molar-refractivity contribution in [1.82, 2.24) is 30.2 Å². The number of carbonyl (C=O) groups is 7. The molecule has 0 radical (unpaired) electrons. The fourth-order valence-electron chi connectivity index (χ4n) is 8.05. The quantitative estimate of drug-likeness (QED) is 0.0519. The van der Waals surface area contributed by atoms with E-state index in [2.05, 4.69) is 22.8 Å². The first-order valence-electron chi connectivity index (χ1n) is 22.1. The third kappa shape index (κ3) is 20.2. The molecule has 70 heavy (non-hydrogen) atoms. The fourth-order valence-corrected chi connectivity index (χ4v) is 9.71. The smallest absolute Gasteiger partial charge is 0.481 e. The third-order valence-corrected chi connectivity index (χ3v) is 13.0. The van der Waals surface area contributed by atoms with Gasteiger partial charge in [0.15, 0.2) is 0 Å². The SMILES string of the molecule is Cc1cc(C)c(-c2cc(C)c(OP(=O)(O)OCCC[C@H](C(=O)O)N3CCN(CC(=O)N[C@@H](CC(=O)O)C(=O)O)CCN(CP(=O)(O)O)CCN(CC(=O)N[C@@H](CC(=O)O)C(=O)O)CC3)cc2C)c(C)c1. The highest BCUT2D eigenvalue weighted by Gasteiger charge is 2.32. The maximum atomic E-state index is 13.2. The van der Waals surface area contributed by atoms with Crippen LogP contribution in [0.5, 0.6) is 5.75 Å². The van der Waals surface area contributed by atoms with Crippen molar-refractivity contribution in [3.05, 3.63) is 52.1 Å². The van der Waals surface area contributed by atoms with Crippen molar-refractivity contribution in [2.75, 3.05) is 78.3 Å². The number of hydrogen-bond acceptors (Lipinski definition) is 15. The Balaban J connectivity index is 1.87. The van der Waals surface area contributed by atoms with Crippen LogP contribution < -0.4 is 15.2 Å². The minimum absolute atomic E-state index is 0.0966. The fraction of sp³-hybridized carbons (Fsp3) is 0.558. The second-order valence-electron chi connectivity index (χ2n) is 17.2. The number of amides is 2. The minimum atomic E-state index is -4.77. The predicted octanol–water partition coefficient (Wildman–Crippen LogP) is 1.07. The van der Waals surface area contributed by atoms with Crippen LogP contribution in [0.15, 0.2) is 24.3 Å². The van der Waals surface area contributed by atoms with Gasteiger partial charge >= 0.3 is 45.3 Å². The molecular formula is C43H64N6O19P2. The van der Waals surface area contributed by atoms with Crippen LogP contribution in [0, 0.1) is 34.6 Å². The molecule has 0 spiro atoms. The van der Waals surface area contributed by atoms with Crippen LogP contribution in [0.3, 0.4) is 0 Å². The summed E-state index contributed by atoms with van der Waals surface area (Å²) < 4.78 is 36.2. The molecule has 1 aliphatic heterocycles. The Labute approximate surface area is 404 Å².